The van der Waals surface area contributed by atoms with Crippen LogP contribution in [0.3, 0.4) is 0 Å². The van der Waals surface area contributed by atoms with Crippen molar-refractivity contribution in [3.05, 3.63) is 59.4 Å². The molecule has 0 unspecified atom stereocenters. The molecule has 0 heterocycles. The Labute approximate surface area is 113 Å². The molecule has 0 radical (unpaired) electrons. The predicted molar refractivity (Wildman–Crippen MR) is 76.0 cm³/mol. The normalized spacial score (nSPS) is 10.5. The number of aryl methyl sites for hydroxylation is 1. The molecule has 0 saturated carbocycles. The number of halogens is 1. The highest BCUT2D eigenvalue weighted by atomic mass is 19.1. The lowest BCUT2D eigenvalue weighted by Crippen LogP contribution is -2.22. The fourth-order valence-electron chi connectivity index (χ4n) is 2.08. The molecular formula is C16H18FNO. The fraction of sp³-hybridized carbons (Fsp3) is 0.250. The van der Waals surface area contributed by atoms with Crippen LogP contribution < -0.4 is 4.90 Å². The second-order valence-electron chi connectivity index (χ2n) is 4.64. The van der Waals surface area contributed by atoms with E-state index in [-0.39, 0.29) is 5.75 Å². The van der Waals surface area contributed by atoms with Crippen molar-refractivity contribution in [2.24, 2.45) is 0 Å². The first-order valence-corrected chi connectivity index (χ1v) is 6.39. The number of phenolic OH excluding ortho intramolecular Hbond substituents is 1. The van der Waals surface area contributed by atoms with Crippen molar-refractivity contribution in [1.82, 2.24) is 0 Å². The topological polar surface area (TPSA) is 23.5 Å². The van der Waals surface area contributed by atoms with Gasteiger partial charge in [0.2, 0.25) is 0 Å². The van der Waals surface area contributed by atoms with Crippen LogP contribution in [0.1, 0.15) is 18.1 Å². The summed E-state index contributed by atoms with van der Waals surface area (Å²) in [5.74, 6) is -0.875. The largest absolute Gasteiger partial charge is 0.505 e. The van der Waals surface area contributed by atoms with Crippen molar-refractivity contribution in [2.75, 3.05) is 11.4 Å². The minimum absolute atomic E-state index is 0.303. The van der Waals surface area contributed by atoms with Crippen molar-refractivity contribution in [3.63, 3.8) is 0 Å². The molecule has 0 saturated heterocycles. The first kappa shape index (κ1) is 13.4. The van der Waals surface area contributed by atoms with Crippen molar-refractivity contribution in [3.8, 4) is 5.75 Å². The van der Waals surface area contributed by atoms with Gasteiger partial charge >= 0.3 is 0 Å². The van der Waals surface area contributed by atoms with Crippen molar-refractivity contribution >= 4 is 5.69 Å². The Morgan fingerprint density at radius 1 is 1.16 bits per heavy atom. The molecule has 0 atom stereocenters. The zero-order valence-corrected chi connectivity index (χ0v) is 11.2. The van der Waals surface area contributed by atoms with Gasteiger partial charge in [-0.15, -0.1) is 0 Å². The van der Waals surface area contributed by atoms with Crippen LogP contribution in [-0.4, -0.2) is 11.7 Å². The lowest BCUT2D eigenvalue weighted by molar-refractivity contribution is 0.431. The average molecular weight is 259 g/mol. The molecule has 0 aliphatic heterocycles. The smallest absolute Gasteiger partial charge is 0.165 e. The van der Waals surface area contributed by atoms with Crippen molar-refractivity contribution in [1.29, 1.82) is 0 Å². The highest BCUT2D eigenvalue weighted by Gasteiger charge is 2.07. The maximum atomic E-state index is 13.3. The molecule has 0 spiro atoms. The van der Waals surface area contributed by atoms with Crippen LogP contribution >= 0.6 is 0 Å². The Morgan fingerprint density at radius 2 is 1.95 bits per heavy atom. The molecule has 0 aromatic heterocycles. The Hall–Kier alpha value is -2.03. The summed E-state index contributed by atoms with van der Waals surface area (Å²) in [5, 5.41) is 9.20. The van der Waals surface area contributed by atoms with Crippen LogP contribution in [0, 0.1) is 12.7 Å². The van der Waals surface area contributed by atoms with Gasteiger partial charge in [0.1, 0.15) is 0 Å². The lowest BCUT2D eigenvalue weighted by atomic mass is 10.1. The first-order chi connectivity index (χ1) is 9.10. The van der Waals surface area contributed by atoms with Gasteiger partial charge in [-0.3, -0.25) is 0 Å². The second-order valence-corrected chi connectivity index (χ2v) is 4.64. The number of phenols is 1. The molecule has 3 heteroatoms. The van der Waals surface area contributed by atoms with E-state index >= 15 is 0 Å². The standard InChI is InChI=1S/C16H18FNO/c1-3-18(14-6-4-5-12(2)9-14)11-13-7-8-16(19)15(17)10-13/h4-10,19H,3,11H2,1-2H3. The van der Waals surface area contributed by atoms with Gasteiger partial charge in [-0.1, -0.05) is 18.2 Å². The van der Waals surface area contributed by atoms with Gasteiger partial charge in [-0.2, -0.15) is 0 Å². The highest BCUT2D eigenvalue weighted by molar-refractivity contribution is 5.49. The number of aromatic hydroxyl groups is 1. The fourth-order valence-corrected chi connectivity index (χ4v) is 2.08. The quantitative estimate of drug-likeness (QED) is 0.901. The summed E-state index contributed by atoms with van der Waals surface area (Å²) in [4.78, 5) is 2.17. The molecule has 2 aromatic carbocycles. The Balaban J connectivity index is 2.21. The SMILES string of the molecule is CCN(Cc1ccc(O)c(F)c1)c1cccc(C)c1. The molecule has 0 bridgehead atoms. The third kappa shape index (κ3) is 3.25. The van der Waals surface area contributed by atoms with Crippen LogP contribution in [0.4, 0.5) is 10.1 Å². The molecule has 100 valence electrons. The van der Waals surface area contributed by atoms with Crippen LogP contribution in [0.25, 0.3) is 0 Å². The third-order valence-electron chi connectivity index (χ3n) is 3.13. The van der Waals surface area contributed by atoms with Gasteiger partial charge in [-0.25, -0.2) is 4.39 Å². The van der Waals surface area contributed by atoms with Crippen LogP contribution in [0.5, 0.6) is 5.75 Å². The van der Waals surface area contributed by atoms with Gasteiger partial charge < -0.3 is 10.0 Å². The zero-order chi connectivity index (χ0) is 13.8. The third-order valence-corrected chi connectivity index (χ3v) is 3.13. The first-order valence-electron chi connectivity index (χ1n) is 6.39. The summed E-state index contributed by atoms with van der Waals surface area (Å²) in [6.45, 7) is 5.58. The molecule has 0 fully saturated rings. The molecule has 0 aliphatic carbocycles. The van der Waals surface area contributed by atoms with E-state index in [0.29, 0.717) is 6.54 Å². The molecule has 0 amide bonds. The van der Waals surface area contributed by atoms with Crippen molar-refractivity contribution in [2.45, 2.75) is 20.4 Å². The number of anilines is 1. The van der Waals surface area contributed by atoms with E-state index in [1.165, 1.54) is 17.7 Å². The monoisotopic (exact) mass is 259 g/mol. The van der Waals surface area contributed by atoms with Crippen LogP contribution in [0.15, 0.2) is 42.5 Å². The number of hydrogen-bond acceptors (Lipinski definition) is 2. The number of rotatable bonds is 4. The van der Waals surface area contributed by atoms with E-state index in [0.717, 1.165) is 17.8 Å². The van der Waals surface area contributed by atoms with E-state index in [1.807, 2.05) is 12.1 Å². The van der Waals surface area contributed by atoms with E-state index < -0.39 is 5.82 Å². The van der Waals surface area contributed by atoms with E-state index in [2.05, 4.69) is 30.9 Å². The molecule has 0 aliphatic rings. The summed E-state index contributed by atoms with van der Waals surface area (Å²) in [7, 11) is 0. The van der Waals surface area contributed by atoms with Gasteiger partial charge in [0.05, 0.1) is 0 Å². The Kier molecular flexibility index (Phi) is 4.05. The molecular weight excluding hydrogens is 241 g/mol. The minimum atomic E-state index is -0.571. The number of hydrogen-bond donors (Lipinski definition) is 1. The number of benzene rings is 2. The summed E-state index contributed by atoms with van der Waals surface area (Å²) < 4.78 is 13.3. The average Bonchev–Trinajstić information content (AvgIpc) is 2.40. The van der Waals surface area contributed by atoms with Crippen molar-refractivity contribution < 1.29 is 9.50 Å². The van der Waals surface area contributed by atoms with Gasteiger partial charge in [0, 0.05) is 18.8 Å². The summed E-state index contributed by atoms with van der Waals surface area (Å²) >= 11 is 0. The van der Waals surface area contributed by atoms with E-state index in [1.54, 1.807) is 6.07 Å². The molecule has 2 nitrogen and oxygen atoms in total. The van der Waals surface area contributed by atoms with E-state index in [4.69, 9.17) is 0 Å². The summed E-state index contributed by atoms with van der Waals surface area (Å²) in [6.07, 6.45) is 0. The van der Waals surface area contributed by atoms with Crippen LogP contribution in [-0.2, 0) is 6.54 Å². The molecule has 19 heavy (non-hydrogen) atoms. The molecule has 1 N–H and O–H groups in total. The summed E-state index contributed by atoms with van der Waals surface area (Å²) in [5.41, 5.74) is 3.17. The van der Waals surface area contributed by atoms with Gasteiger partial charge in [-0.05, 0) is 49.2 Å². The molecule has 2 aromatic rings. The maximum Gasteiger partial charge on any atom is 0.165 e. The van der Waals surface area contributed by atoms with E-state index in [9.17, 15) is 9.50 Å². The Bertz CT molecular complexity index is 568. The van der Waals surface area contributed by atoms with Gasteiger partial charge in [0.15, 0.2) is 11.6 Å². The van der Waals surface area contributed by atoms with Crippen LogP contribution in [0.2, 0.25) is 0 Å². The molecule has 2 rings (SSSR count). The second kappa shape index (κ2) is 5.74. The summed E-state index contributed by atoms with van der Waals surface area (Å²) in [6, 6.07) is 12.8. The lowest BCUT2D eigenvalue weighted by Gasteiger charge is -2.23. The Morgan fingerprint density at radius 3 is 2.58 bits per heavy atom. The zero-order valence-electron chi connectivity index (χ0n) is 11.2. The predicted octanol–water partition coefficient (Wildman–Crippen LogP) is 3.87. The van der Waals surface area contributed by atoms with Gasteiger partial charge in [0.25, 0.3) is 0 Å². The maximum absolute atomic E-state index is 13.3. The number of nitrogens with zero attached hydrogens (tertiary/aromatic N) is 1. The highest BCUT2D eigenvalue weighted by Crippen LogP contribution is 2.21. The minimum Gasteiger partial charge on any atom is -0.505 e.